The SMILES string of the molecule is COc1ccccc1NC(=O)c1c(C)c(-c2ccc(Cl)cc2)nc2ccccc12. The van der Waals surface area contributed by atoms with E-state index in [2.05, 4.69) is 5.32 Å². The predicted octanol–water partition coefficient (Wildman–Crippen LogP) is 6.12. The van der Waals surface area contributed by atoms with E-state index in [0.29, 0.717) is 22.0 Å². The van der Waals surface area contributed by atoms with Crippen LogP contribution in [0.2, 0.25) is 5.02 Å². The fourth-order valence-electron chi connectivity index (χ4n) is 3.42. The first kappa shape index (κ1) is 19.0. The van der Waals surface area contributed by atoms with Crippen LogP contribution in [0.4, 0.5) is 5.69 Å². The van der Waals surface area contributed by atoms with E-state index in [1.54, 1.807) is 7.11 Å². The van der Waals surface area contributed by atoms with Crippen LogP contribution in [-0.4, -0.2) is 18.0 Å². The van der Waals surface area contributed by atoms with Gasteiger partial charge in [-0.3, -0.25) is 4.79 Å². The first-order valence-electron chi connectivity index (χ1n) is 9.18. The van der Waals surface area contributed by atoms with Gasteiger partial charge in [0, 0.05) is 16.0 Å². The molecule has 1 heterocycles. The summed E-state index contributed by atoms with van der Waals surface area (Å²) >= 11 is 6.04. The van der Waals surface area contributed by atoms with E-state index in [-0.39, 0.29) is 5.91 Å². The van der Waals surface area contributed by atoms with Crippen molar-refractivity contribution in [3.05, 3.63) is 88.9 Å². The number of carbonyl (C=O) groups is 1. The van der Waals surface area contributed by atoms with Gasteiger partial charge in [-0.25, -0.2) is 4.98 Å². The Morgan fingerprint density at radius 1 is 0.966 bits per heavy atom. The summed E-state index contributed by atoms with van der Waals surface area (Å²) in [6, 6.07) is 22.5. The van der Waals surface area contributed by atoms with E-state index in [1.807, 2.05) is 79.7 Å². The predicted molar refractivity (Wildman–Crippen MR) is 118 cm³/mol. The number of halogens is 1. The molecule has 29 heavy (non-hydrogen) atoms. The molecular weight excluding hydrogens is 384 g/mol. The first-order chi connectivity index (χ1) is 14.1. The molecule has 0 aliphatic carbocycles. The quantitative estimate of drug-likeness (QED) is 0.447. The number of nitrogens with one attached hydrogen (secondary N) is 1. The molecule has 0 aliphatic rings. The summed E-state index contributed by atoms with van der Waals surface area (Å²) in [5.41, 5.74) is 4.43. The minimum absolute atomic E-state index is 0.208. The molecule has 0 fully saturated rings. The molecule has 0 unspecified atom stereocenters. The lowest BCUT2D eigenvalue weighted by Gasteiger charge is -2.16. The molecule has 0 saturated heterocycles. The number of nitrogens with zero attached hydrogens (tertiary/aromatic N) is 1. The van der Waals surface area contributed by atoms with Crippen molar-refractivity contribution in [1.29, 1.82) is 0 Å². The molecule has 4 nitrogen and oxygen atoms in total. The van der Waals surface area contributed by atoms with E-state index >= 15 is 0 Å². The Labute approximate surface area is 174 Å². The fourth-order valence-corrected chi connectivity index (χ4v) is 3.55. The fraction of sp³-hybridized carbons (Fsp3) is 0.0833. The van der Waals surface area contributed by atoms with Crippen molar-refractivity contribution in [2.24, 2.45) is 0 Å². The number of para-hydroxylation sites is 3. The van der Waals surface area contributed by atoms with E-state index in [4.69, 9.17) is 21.3 Å². The van der Waals surface area contributed by atoms with Crippen LogP contribution < -0.4 is 10.1 Å². The van der Waals surface area contributed by atoms with Crippen LogP contribution in [0.3, 0.4) is 0 Å². The van der Waals surface area contributed by atoms with Gasteiger partial charge in [0.1, 0.15) is 5.75 Å². The maximum absolute atomic E-state index is 13.3. The normalized spacial score (nSPS) is 10.7. The monoisotopic (exact) mass is 402 g/mol. The Morgan fingerprint density at radius 2 is 1.66 bits per heavy atom. The highest BCUT2D eigenvalue weighted by atomic mass is 35.5. The van der Waals surface area contributed by atoms with Gasteiger partial charge in [-0.1, -0.05) is 54.1 Å². The molecule has 0 bridgehead atoms. The number of carbonyl (C=O) groups excluding carboxylic acids is 1. The zero-order valence-corrected chi connectivity index (χ0v) is 16.8. The number of pyridine rings is 1. The number of fused-ring (bicyclic) bond motifs is 1. The molecule has 0 spiro atoms. The number of hydrogen-bond donors (Lipinski definition) is 1. The van der Waals surface area contributed by atoms with Gasteiger partial charge in [-0.2, -0.15) is 0 Å². The van der Waals surface area contributed by atoms with E-state index in [1.165, 1.54) is 0 Å². The molecule has 1 aromatic heterocycles. The molecular formula is C24H19ClN2O2. The Morgan fingerprint density at radius 3 is 2.41 bits per heavy atom. The third-order valence-corrected chi connectivity index (χ3v) is 5.09. The number of benzene rings is 3. The number of aromatic nitrogens is 1. The van der Waals surface area contributed by atoms with Gasteiger partial charge in [0.05, 0.1) is 29.6 Å². The molecule has 1 amide bonds. The molecule has 4 rings (SSSR count). The van der Waals surface area contributed by atoms with Gasteiger partial charge in [-0.15, -0.1) is 0 Å². The van der Waals surface area contributed by atoms with Gasteiger partial charge in [0.15, 0.2) is 0 Å². The lowest BCUT2D eigenvalue weighted by atomic mass is 9.97. The lowest BCUT2D eigenvalue weighted by Crippen LogP contribution is -2.15. The second-order valence-electron chi connectivity index (χ2n) is 6.64. The molecule has 1 N–H and O–H groups in total. The van der Waals surface area contributed by atoms with E-state index < -0.39 is 0 Å². The van der Waals surface area contributed by atoms with E-state index in [0.717, 1.165) is 27.7 Å². The average Bonchev–Trinajstić information content (AvgIpc) is 2.74. The average molecular weight is 403 g/mol. The van der Waals surface area contributed by atoms with Crippen molar-refractivity contribution in [3.8, 4) is 17.0 Å². The number of amides is 1. The van der Waals surface area contributed by atoms with Crippen LogP contribution in [0.5, 0.6) is 5.75 Å². The lowest BCUT2D eigenvalue weighted by molar-refractivity contribution is 0.102. The molecule has 0 saturated carbocycles. The Balaban J connectivity index is 1.87. The number of methoxy groups -OCH3 is 1. The maximum atomic E-state index is 13.3. The minimum atomic E-state index is -0.208. The minimum Gasteiger partial charge on any atom is -0.495 e. The van der Waals surface area contributed by atoms with E-state index in [9.17, 15) is 4.79 Å². The Bertz CT molecular complexity index is 1200. The largest absolute Gasteiger partial charge is 0.495 e. The molecule has 0 atom stereocenters. The van der Waals surface area contributed by atoms with Crippen LogP contribution in [0.15, 0.2) is 72.8 Å². The van der Waals surface area contributed by atoms with Crippen LogP contribution in [-0.2, 0) is 0 Å². The third kappa shape index (κ3) is 3.67. The zero-order chi connectivity index (χ0) is 20.4. The highest BCUT2D eigenvalue weighted by Gasteiger charge is 2.20. The van der Waals surface area contributed by atoms with Gasteiger partial charge in [0.25, 0.3) is 5.91 Å². The number of rotatable bonds is 4. The van der Waals surface area contributed by atoms with Crippen LogP contribution in [0.1, 0.15) is 15.9 Å². The second-order valence-corrected chi connectivity index (χ2v) is 7.08. The number of hydrogen-bond acceptors (Lipinski definition) is 3. The zero-order valence-electron chi connectivity index (χ0n) is 16.1. The smallest absolute Gasteiger partial charge is 0.256 e. The summed E-state index contributed by atoms with van der Waals surface area (Å²) in [5, 5.41) is 4.44. The molecule has 0 radical (unpaired) electrons. The van der Waals surface area contributed by atoms with Gasteiger partial charge >= 0.3 is 0 Å². The Kier molecular flexibility index (Phi) is 5.19. The van der Waals surface area contributed by atoms with Crippen molar-refractivity contribution in [3.63, 3.8) is 0 Å². The topological polar surface area (TPSA) is 51.2 Å². The van der Waals surface area contributed by atoms with Gasteiger partial charge in [-0.05, 0) is 42.8 Å². The first-order valence-corrected chi connectivity index (χ1v) is 9.56. The third-order valence-electron chi connectivity index (χ3n) is 4.84. The second kappa shape index (κ2) is 7.94. The highest BCUT2D eigenvalue weighted by molar-refractivity contribution is 6.30. The summed E-state index contributed by atoms with van der Waals surface area (Å²) < 4.78 is 5.36. The molecule has 3 aromatic carbocycles. The van der Waals surface area contributed by atoms with Crippen LogP contribution >= 0.6 is 11.6 Å². The van der Waals surface area contributed by atoms with Crippen molar-refractivity contribution in [2.45, 2.75) is 6.92 Å². The van der Waals surface area contributed by atoms with Crippen molar-refractivity contribution in [2.75, 3.05) is 12.4 Å². The summed E-state index contributed by atoms with van der Waals surface area (Å²) in [6.45, 7) is 1.92. The summed E-state index contributed by atoms with van der Waals surface area (Å²) in [4.78, 5) is 18.1. The summed E-state index contributed by atoms with van der Waals surface area (Å²) in [5.74, 6) is 0.399. The number of anilines is 1. The Hall–Kier alpha value is -3.37. The summed E-state index contributed by atoms with van der Waals surface area (Å²) in [6.07, 6.45) is 0. The van der Waals surface area contributed by atoms with Gasteiger partial charge < -0.3 is 10.1 Å². The molecule has 5 heteroatoms. The van der Waals surface area contributed by atoms with Gasteiger partial charge in [0.2, 0.25) is 0 Å². The standard InChI is InChI=1S/C24H19ClN2O2/c1-15-22(24(28)27-20-9-5-6-10-21(20)29-2)18-7-3-4-8-19(18)26-23(15)16-11-13-17(25)14-12-16/h3-14H,1-2H3,(H,27,28). The molecule has 144 valence electrons. The van der Waals surface area contributed by atoms with Crippen molar-refractivity contribution in [1.82, 2.24) is 4.98 Å². The highest BCUT2D eigenvalue weighted by Crippen LogP contribution is 2.32. The van der Waals surface area contributed by atoms with Crippen molar-refractivity contribution < 1.29 is 9.53 Å². The summed E-state index contributed by atoms with van der Waals surface area (Å²) in [7, 11) is 1.58. The molecule has 4 aromatic rings. The molecule has 0 aliphatic heterocycles. The van der Waals surface area contributed by atoms with Crippen LogP contribution in [0, 0.1) is 6.92 Å². The van der Waals surface area contributed by atoms with Crippen molar-refractivity contribution >= 4 is 34.1 Å². The van der Waals surface area contributed by atoms with Crippen LogP contribution in [0.25, 0.3) is 22.2 Å². The maximum Gasteiger partial charge on any atom is 0.256 e. The number of ether oxygens (including phenoxy) is 1.